The molecule has 0 aliphatic carbocycles. The summed E-state index contributed by atoms with van der Waals surface area (Å²) >= 11 is 0.940. The Labute approximate surface area is 109 Å². The van der Waals surface area contributed by atoms with E-state index >= 15 is 0 Å². The van der Waals surface area contributed by atoms with Crippen LogP contribution in [0.1, 0.15) is 35.1 Å². The van der Waals surface area contributed by atoms with Gasteiger partial charge in [-0.05, 0) is 17.5 Å². The summed E-state index contributed by atoms with van der Waals surface area (Å²) in [6.07, 6.45) is 0. The number of aliphatic hydroxyl groups is 3. The summed E-state index contributed by atoms with van der Waals surface area (Å²) in [7, 11) is 0. The van der Waals surface area contributed by atoms with E-state index in [1.54, 1.807) is 0 Å². The van der Waals surface area contributed by atoms with E-state index in [-0.39, 0.29) is 5.92 Å². The number of aromatic nitrogens is 2. The number of carbonyl (C=O) groups excluding carboxylic acids is 1. The molecule has 8 heteroatoms. The van der Waals surface area contributed by atoms with E-state index in [1.807, 2.05) is 13.8 Å². The van der Waals surface area contributed by atoms with Gasteiger partial charge in [0.25, 0.3) is 5.91 Å². The van der Waals surface area contributed by atoms with Crippen molar-refractivity contribution in [3.8, 4) is 0 Å². The van der Waals surface area contributed by atoms with E-state index < -0.39 is 31.3 Å². The Balaban J connectivity index is 2.91. The number of rotatable bonds is 6. The molecule has 4 N–H and O–H groups in total. The number of hydrogen-bond donors (Lipinski definition) is 4. The van der Waals surface area contributed by atoms with Gasteiger partial charge in [-0.3, -0.25) is 4.79 Å². The minimum atomic E-state index is -1.44. The van der Waals surface area contributed by atoms with Crippen LogP contribution in [-0.4, -0.2) is 56.2 Å². The Hall–Kier alpha value is -1.09. The second kappa shape index (κ2) is 6.19. The van der Waals surface area contributed by atoms with E-state index in [0.717, 1.165) is 11.5 Å². The van der Waals surface area contributed by atoms with Crippen molar-refractivity contribution < 1.29 is 20.1 Å². The molecule has 0 bridgehead atoms. The van der Waals surface area contributed by atoms with Crippen molar-refractivity contribution in [2.45, 2.75) is 25.3 Å². The minimum absolute atomic E-state index is 0.0382. The average Bonchev–Trinajstić information content (AvgIpc) is 2.85. The van der Waals surface area contributed by atoms with Crippen LogP contribution in [-0.2, 0) is 0 Å². The summed E-state index contributed by atoms with van der Waals surface area (Å²) < 4.78 is 3.72. The summed E-state index contributed by atoms with van der Waals surface area (Å²) in [6, 6.07) is 0. The maximum atomic E-state index is 12.0. The van der Waals surface area contributed by atoms with Gasteiger partial charge in [-0.2, -0.15) is 0 Å². The molecule has 1 heterocycles. The second-order valence-electron chi connectivity index (χ2n) is 4.35. The average molecular weight is 275 g/mol. The van der Waals surface area contributed by atoms with Crippen LogP contribution in [0, 0.1) is 0 Å². The second-order valence-corrected chi connectivity index (χ2v) is 5.10. The van der Waals surface area contributed by atoms with Crippen LogP contribution in [0.15, 0.2) is 0 Å². The fraction of sp³-hybridized carbons (Fsp3) is 0.700. The first-order valence-electron chi connectivity index (χ1n) is 5.47. The fourth-order valence-corrected chi connectivity index (χ4v) is 2.01. The standard InChI is InChI=1S/C10H17N3O4S/c1-6(2)7-8(18-13-12-7)9(17)11-10(3-14,4-15)5-16/h6,14-16H,3-5H2,1-2H3,(H,11,17). The van der Waals surface area contributed by atoms with Crippen LogP contribution >= 0.6 is 11.5 Å². The third-order valence-corrected chi connectivity index (χ3v) is 3.29. The third-order valence-electron chi connectivity index (χ3n) is 2.55. The molecule has 1 rings (SSSR count). The zero-order valence-electron chi connectivity index (χ0n) is 10.3. The monoisotopic (exact) mass is 275 g/mol. The fourth-order valence-electron chi connectivity index (χ4n) is 1.30. The lowest BCUT2D eigenvalue weighted by molar-refractivity contribution is 0.0376. The highest BCUT2D eigenvalue weighted by atomic mass is 32.1. The van der Waals surface area contributed by atoms with Gasteiger partial charge in [-0.25, -0.2) is 0 Å². The Morgan fingerprint density at radius 2 is 1.89 bits per heavy atom. The summed E-state index contributed by atoms with van der Waals surface area (Å²) in [5.41, 5.74) is -0.879. The molecule has 0 atom stereocenters. The number of hydrogen-bond acceptors (Lipinski definition) is 7. The van der Waals surface area contributed by atoms with Crippen molar-refractivity contribution in [1.29, 1.82) is 0 Å². The molecule has 0 aliphatic rings. The molecule has 0 aromatic carbocycles. The van der Waals surface area contributed by atoms with Crippen molar-refractivity contribution in [1.82, 2.24) is 14.9 Å². The Bertz CT molecular complexity index is 395. The van der Waals surface area contributed by atoms with E-state index in [2.05, 4.69) is 14.9 Å². The SMILES string of the molecule is CC(C)c1nnsc1C(=O)NC(CO)(CO)CO. The van der Waals surface area contributed by atoms with Gasteiger partial charge < -0.3 is 20.6 Å². The van der Waals surface area contributed by atoms with E-state index in [4.69, 9.17) is 15.3 Å². The lowest BCUT2D eigenvalue weighted by Gasteiger charge is -2.28. The molecule has 0 radical (unpaired) electrons. The molecule has 102 valence electrons. The minimum Gasteiger partial charge on any atom is -0.394 e. The normalized spacial score (nSPS) is 11.9. The Morgan fingerprint density at radius 1 is 1.33 bits per heavy atom. The lowest BCUT2D eigenvalue weighted by atomic mass is 10.0. The van der Waals surface area contributed by atoms with Crippen LogP contribution < -0.4 is 5.32 Å². The molecular formula is C10H17N3O4S. The highest BCUT2D eigenvalue weighted by molar-refractivity contribution is 7.08. The van der Waals surface area contributed by atoms with Gasteiger partial charge in [0.2, 0.25) is 0 Å². The Morgan fingerprint density at radius 3 is 2.33 bits per heavy atom. The summed E-state index contributed by atoms with van der Waals surface area (Å²) in [5.74, 6) is -0.470. The molecule has 7 nitrogen and oxygen atoms in total. The number of nitrogens with one attached hydrogen (secondary N) is 1. The van der Waals surface area contributed by atoms with Crippen LogP contribution in [0.25, 0.3) is 0 Å². The number of amides is 1. The quantitative estimate of drug-likeness (QED) is 0.535. The van der Waals surface area contributed by atoms with Crippen molar-refractivity contribution in [2.24, 2.45) is 0 Å². The van der Waals surface area contributed by atoms with Gasteiger partial charge in [0.1, 0.15) is 10.4 Å². The van der Waals surface area contributed by atoms with Crippen molar-refractivity contribution in [3.05, 3.63) is 10.6 Å². The predicted molar refractivity (Wildman–Crippen MR) is 65.5 cm³/mol. The number of aliphatic hydroxyl groups excluding tert-OH is 3. The molecule has 1 aromatic rings. The predicted octanol–water partition coefficient (Wildman–Crippen LogP) is -0.893. The zero-order chi connectivity index (χ0) is 13.8. The molecule has 18 heavy (non-hydrogen) atoms. The molecule has 1 amide bonds. The summed E-state index contributed by atoms with van der Waals surface area (Å²) in [4.78, 5) is 12.3. The molecule has 0 saturated carbocycles. The zero-order valence-corrected chi connectivity index (χ0v) is 11.1. The largest absolute Gasteiger partial charge is 0.394 e. The van der Waals surface area contributed by atoms with Crippen molar-refractivity contribution in [3.63, 3.8) is 0 Å². The highest BCUT2D eigenvalue weighted by Crippen LogP contribution is 2.20. The first-order chi connectivity index (χ1) is 8.49. The van der Waals surface area contributed by atoms with Gasteiger partial charge in [0.15, 0.2) is 0 Å². The van der Waals surface area contributed by atoms with Gasteiger partial charge in [-0.15, -0.1) is 5.10 Å². The molecule has 0 unspecified atom stereocenters. The molecule has 0 fully saturated rings. The van der Waals surface area contributed by atoms with Crippen LogP contribution in [0.4, 0.5) is 0 Å². The van der Waals surface area contributed by atoms with Gasteiger partial charge in [0, 0.05) is 0 Å². The van der Waals surface area contributed by atoms with Crippen LogP contribution in [0.3, 0.4) is 0 Å². The van der Waals surface area contributed by atoms with E-state index in [0.29, 0.717) is 10.6 Å². The van der Waals surface area contributed by atoms with Gasteiger partial charge >= 0.3 is 0 Å². The van der Waals surface area contributed by atoms with Gasteiger partial charge in [-0.1, -0.05) is 18.3 Å². The van der Waals surface area contributed by atoms with Gasteiger partial charge in [0.05, 0.1) is 25.5 Å². The molecule has 0 spiro atoms. The first kappa shape index (κ1) is 15.0. The first-order valence-corrected chi connectivity index (χ1v) is 6.24. The third kappa shape index (κ3) is 3.02. The van der Waals surface area contributed by atoms with E-state index in [1.165, 1.54) is 0 Å². The van der Waals surface area contributed by atoms with E-state index in [9.17, 15) is 4.79 Å². The smallest absolute Gasteiger partial charge is 0.265 e. The van der Waals surface area contributed by atoms with Crippen LogP contribution in [0.2, 0.25) is 0 Å². The van der Waals surface area contributed by atoms with Crippen molar-refractivity contribution in [2.75, 3.05) is 19.8 Å². The number of carbonyl (C=O) groups is 1. The maximum absolute atomic E-state index is 12.0. The molecule has 0 saturated heterocycles. The van der Waals surface area contributed by atoms with Crippen molar-refractivity contribution >= 4 is 17.4 Å². The topological polar surface area (TPSA) is 116 Å². The lowest BCUT2D eigenvalue weighted by Crippen LogP contribution is -2.57. The highest BCUT2D eigenvalue weighted by Gasteiger charge is 2.32. The Kier molecular flexibility index (Phi) is 5.15. The summed E-state index contributed by atoms with van der Waals surface area (Å²) in [5, 5.41) is 33.7. The molecular weight excluding hydrogens is 258 g/mol. The summed E-state index contributed by atoms with van der Waals surface area (Å²) in [6.45, 7) is 2.08. The molecule has 1 aromatic heterocycles. The molecule has 0 aliphatic heterocycles. The van der Waals surface area contributed by atoms with Crippen LogP contribution in [0.5, 0.6) is 0 Å². The maximum Gasteiger partial charge on any atom is 0.265 e. The number of nitrogens with zero attached hydrogens (tertiary/aromatic N) is 2.